The van der Waals surface area contributed by atoms with Crippen LogP contribution in [0.2, 0.25) is 0 Å². The van der Waals surface area contributed by atoms with Crippen molar-refractivity contribution in [1.29, 1.82) is 0 Å². The van der Waals surface area contributed by atoms with E-state index in [0.717, 1.165) is 0 Å². The summed E-state index contributed by atoms with van der Waals surface area (Å²) in [7, 11) is 0. The minimum absolute atomic E-state index is 0.0133. The van der Waals surface area contributed by atoms with Gasteiger partial charge in [-0.15, -0.1) is 0 Å². The topological polar surface area (TPSA) is 80.7 Å². The lowest BCUT2D eigenvalue weighted by Gasteiger charge is -2.37. The monoisotopic (exact) mass is 293 g/mol. The van der Waals surface area contributed by atoms with Crippen LogP contribution < -0.4 is 5.76 Å². The highest BCUT2D eigenvalue weighted by Crippen LogP contribution is 2.13. The first kappa shape index (κ1) is 14.2. The normalized spacial score (nSPS) is 23.7. The summed E-state index contributed by atoms with van der Waals surface area (Å²) in [6, 6.07) is 3.74. The second kappa shape index (κ2) is 5.97. The first-order valence-corrected chi connectivity index (χ1v) is 7.10. The first-order valence-electron chi connectivity index (χ1n) is 7.10. The molecule has 0 bridgehead atoms. The number of pyridine rings is 1. The summed E-state index contributed by atoms with van der Waals surface area (Å²) >= 11 is 0. The number of ether oxygens (including phenoxy) is 1. The van der Waals surface area contributed by atoms with Crippen molar-refractivity contribution < 1.29 is 14.3 Å². The molecule has 1 N–H and O–H groups in total. The second-order valence-electron chi connectivity index (χ2n) is 5.33. The molecule has 0 radical (unpaired) electrons. The summed E-state index contributed by atoms with van der Waals surface area (Å²) in [5.41, 5.74) is 1.08. The third-order valence-corrected chi connectivity index (χ3v) is 3.87. The molecule has 0 saturated carbocycles. The highest BCUT2D eigenvalue weighted by molar-refractivity contribution is 5.67. The average Bonchev–Trinajstić information content (AvgIpc) is 2.82. The van der Waals surface area contributed by atoms with Crippen molar-refractivity contribution in [3.05, 3.63) is 28.9 Å². The van der Waals surface area contributed by atoms with E-state index in [1.807, 2.05) is 0 Å². The molecule has 0 aromatic carbocycles. The summed E-state index contributed by atoms with van der Waals surface area (Å²) in [5, 5.41) is 9.20. The number of rotatable bonds is 4. The van der Waals surface area contributed by atoms with E-state index < -0.39 is 0 Å². The zero-order valence-electron chi connectivity index (χ0n) is 11.9. The summed E-state index contributed by atoms with van der Waals surface area (Å²) < 4.78 is 12.2. The molecule has 0 spiro atoms. The van der Waals surface area contributed by atoms with Crippen LogP contribution in [0.15, 0.2) is 27.5 Å². The van der Waals surface area contributed by atoms with Gasteiger partial charge >= 0.3 is 5.76 Å². The summed E-state index contributed by atoms with van der Waals surface area (Å²) in [5.74, 6) is -0.386. The van der Waals surface area contributed by atoms with Crippen molar-refractivity contribution in [3.8, 4) is 0 Å². The van der Waals surface area contributed by atoms with Gasteiger partial charge in [-0.25, -0.2) is 9.78 Å². The molecule has 2 aromatic heterocycles. The number of nitrogens with zero attached hydrogens (tertiary/aromatic N) is 3. The van der Waals surface area contributed by atoms with Crippen LogP contribution in [0, 0.1) is 0 Å². The Bertz CT molecular complexity index is 666. The lowest BCUT2D eigenvalue weighted by molar-refractivity contribution is -0.0784. The second-order valence-corrected chi connectivity index (χ2v) is 5.33. The highest BCUT2D eigenvalue weighted by atomic mass is 16.5. The van der Waals surface area contributed by atoms with Crippen LogP contribution in [-0.4, -0.2) is 58.0 Å². The van der Waals surface area contributed by atoms with E-state index in [1.165, 1.54) is 0 Å². The molecule has 0 aliphatic carbocycles. The maximum Gasteiger partial charge on any atom is 0.421 e. The number of morpholine rings is 1. The van der Waals surface area contributed by atoms with Crippen LogP contribution in [0.4, 0.5) is 0 Å². The van der Waals surface area contributed by atoms with Crippen molar-refractivity contribution in [2.75, 3.05) is 26.3 Å². The van der Waals surface area contributed by atoms with Crippen molar-refractivity contribution in [2.45, 2.75) is 25.6 Å². The van der Waals surface area contributed by atoms with Gasteiger partial charge in [0.2, 0.25) is 0 Å². The van der Waals surface area contributed by atoms with E-state index >= 15 is 0 Å². The Morgan fingerprint density at radius 3 is 3.14 bits per heavy atom. The molecular weight excluding hydrogens is 274 g/mol. The van der Waals surface area contributed by atoms with Crippen LogP contribution in [0.1, 0.15) is 6.92 Å². The predicted molar refractivity (Wildman–Crippen MR) is 76.1 cm³/mol. The summed E-state index contributed by atoms with van der Waals surface area (Å²) in [4.78, 5) is 18.3. The minimum Gasteiger partial charge on any atom is -0.406 e. The van der Waals surface area contributed by atoms with Crippen molar-refractivity contribution in [2.24, 2.45) is 0 Å². The van der Waals surface area contributed by atoms with Gasteiger partial charge in [0.15, 0.2) is 11.2 Å². The van der Waals surface area contributed by atoms with E-state index in [1.54, 1.807) is 22.9 Å². The third kappa shape index (κ3) is 2.85. The molecular formula is C14H19N3O4. The molecule has 1 fully saturated rings. The van der Waals surface area contributed by atoms with Gasteiger partial charge < -0.3 is 14.3 Å². The standard InChI is InChI=1S/C14H19N3O4/c1-10-9-20-11(8-18)7-16(10)5-6-17-13-12(21-14(17)19)3-2-4-15-13/h2-4,10-11,18H,5-9H2,1H3. The minimum atomic E-state index is -0.386. The number of hydrogen-bond acceptors (Lipinski definition) is 6. The predicted octanol–water partition coefficient (Wildman–Crippen LogP) is 0.0711. The van der Waals surface area contributed by atoms with Gasteiger partial charge in [-0.1, -0.05) is 0 Å². The number of oxazole rings is 1. The van der Waals surface area contributed by atoms with Gasteiger partial charge in [0.1, 0.15) is 0 Å². The molecule has 114 valence electrons. The molecule has 1 aliphatic heterocycles. The fraction of sp³-hybridized carbons (Fsp3) is 0.571. The number of hydrogen-bond donors (Lipinski definition) is 1. The van der Waals surface area contributed by atoms with Crippen LogP contribution in [0.5, 0.6) is 0 Å². The molecule has 2 aromatic rings. The van der Waals surface area contributed by atoms with Gasteiger partial charge in [-0.05, 0) is 19.1 Å². The third-order valence-electron chi connectivity index (χ3n) is 3.87. The molecule has 21 heavy (non-hydrogen) atoms. The number of aliphatic hydroxyl groups is 1. The maximum atomic E-state index is 11.9. The van der Waals surface area contributed by atoms with Crippen molar-refractivity contribution in [1.82, 2.24) is 14.5 Å². The molecule has 7 nitrogen and oxygen atoms in total. The number of aliphatic hydroxyl groups excluding tert-OH is 1. The quantitative estimate of drug-likeness (QED) is 0.859. The lowest BCUT2D eigenvalue weighted by Crippen LogP contribution is -2.50. The fourth-order valence-corrected chi connectivity index (χ4v) is 2.62. The molecule has 7 heteroatoms. The van der Waals surface area contributed by atoms with Gasteiger partial charge in [0.05, 0.1) is 19.3 Å². The van der Waals surface area contributed by atoms with Gasteiger partial charge in [0.25, 0.3) is 0 Å². The number of aromatic nitrogens is 2. The zero-order valence-corrected chi connectivity index (χ0v) is 11.9. The Balaban J connectivity index is 1.74. The van der Waals surface area contributed by atoms with Crippen LogP contribution in [0.25, 0.3) is 11.2 Å². The average molecular weight is 293 g/mol. The Morgan fingerprint density at radius 1 is 1.48 bits per heavy atom. The first-order chi connectivity index (χ1) is 10.2. The molecule has 0 amide bonds. The lowest BCUT2D eigenvalue weighted by atomic mass is 10.2. The molecule has 1 aliphatic rings. The fourth-order valence-electron chi connectivity index (χ4n) is 2.62. The van der Waals surface area contributed by atoms with Gasteiger partial charge in [-0.2, -0.15) is 0 Å². The molecule has 2 unspecified atom stereocenters. The van der Waals surface area contributed by atoms with Gasteiger partial charge in [-0.3, -0.25) is 9.47 Å². The molecule has 2 atom stereocenters. The molecule has 1 saturated heterocycles. The van der Waals surface area contributed by atoms with Crippen LogP contribution in [-0.2, 0) is 11.3 Å². The van der Waals surface area contributed by atoms with E-state index in [4.69, 9.17) is 9.15 Å². The highest BCUT2D eigenvalue weighted by Gasteiger charge is 2.25. The SMILES string of the molecule is CC1COC(CO)CN1CCn1c(=O)oc2cccnc21. The number of fused-ring (bicyclic) bond motifs is 1. The zero-order chi connectivity index (χ0) is 14.8. The molecule has 3 heterocycles. The summed E-state index contributed by atoms with van der Waals surface area (Å²) in [6.07, 6.45) is 1.49. The van der Waals surface area contributed by atoms with Gasteiger partial charge in [0, 0.05) is 31.9 Å². The Kier molecular flexibility index (Phi) is 4.05. The van der Waals surface area contributed by atoms with Crippen molar-refractivity contribution in [3.63, 3.8) is 0 Å². The Labute approximate surface area is 121 Å². The van der Waals surface area contributed by atoms with E-state index in [-0.39, 0.29) is 24.5 Å². The van der Waals surface area contributed by atoms with E-state index in [2.05, 4.69) is 16.8 Å². The molecule has 3 rings (SSSR count). The van der Waals surface area contributed by atoms with Crippen molar-refractivity contribution >= 4 is 11.2 Å². The van der Waals surface area contributed by atoms with Crippen LogP contribution >= 0.6 is 0 Å². The largest absolute Gasteiger partial charge is 0.421 e. The maximum absolute atomic E-state index is 11.9. The van der Waals surface area contributed by atoms with E-state index in [9.17, 15) is 9.90 Å². The summed E-state index contributed by atoms with van der Waals surface area (Å²) in [6.45, 7) is 4.53. The van der Waals surface area contributed by atoms with E-state index in [0.29, 0.717) is 37.5 Å². The smallest absolute Gasteiger partial charge is 0.406 e. The van der Waals surface area contributed by atoms with Crippen LogP contribution in [0.3, 0.4) is 0 Å². The Morgan fingerprint density at radius 2 is 2.33 bits per heavy atom. The Hall–Kier alpha value is -1.70.